The first-order chi connectivity index (χ1) is 8.36. The Hall–Kier alpha value is -1.75. The number of hydrogen-bond donors (Lipinski definition) is 1. The number of aromatic nitrogens is 4. The van der Waals surface area contributed by atoms with Crippen LogP contribution in [0.1, 0.15) is 25.1 Å². The number of nitrogens with one attached hydrogen (secondary N) is 1. The van der Waals surface area contributed by atoms with Crippen molar-refractivity contribution in [1.82, 2.24) is 24.8 Å². The summed E-state index contributed by atoms with van der Waals surface area (Å²) < 4.78 is 2.08. The van der Waals surface area contributed by atoms with Gasteiger partial charge in [0.05, 0.1) is 12.0 Å². The molecule has 2 aromatic heterocycles. The molecule has 0 fully saturated rings. The number of hydrogen-bond acceptors (Lipinski definition) is 4. The summed E-state index contributed by atoms with van der Waals surface area (Å²) in [5.74, 6) is 0. The minimum Gasteiger partial charge on any atom is -0.337 e. The van der Waals surface area contributed by atoms with Gasteiger partial charge in [0, 0.05) is 43.6 Å². The highest BCUT2D eigenvalue weighted by Gasteiger charge is 2.04. The van der Waals surface area contributed by atoms with E-state index in [0.717, 1.165) is 25.2 Å². The molecular weight excluding hydrogens is 214 g/mol. The van der Waals surface area contributed by atoms with E-state index in [4.69, 9.17) is 0 Å². The minimum absolute atomic E-state index is 0.242. The summed E-state index contributed by atoms with van der Waals surface area (Å²) in [6, 6.07) is 0.242. The maximum absolute atomic E-state index is 4.27. The molecule has 0 aliphatic heterocycles. The summed E-state index contributed by atoms with van der Waals surface area (Å²) in [5, 5.41) is 3.43. The van der Waals surface area contributed by atoms with Crippen LogP contribution in [0.15, 0.2) is 37.3 Å². The fourth-order valence-electron chi connectivity index (χ4n) is 1.64. The van der Waals surface area contributed by atoms with Gasteiger partial charge in [0.25, 0.3) is 0 Å². The smallest absolute Gasteiger partial charge is 0.0945 e. The molecule has 0 bridgehead atoms. The lowest BCUT2D eigenvalue weighted by Gasteiger charge is -2.12. The lowest BCUT2D eigenvalue weighted by molar-refractivity contribution is 0.518. The third-order valence-electron chi connectivity index (χ3n) is 2.63. The molecule has 0 saturated carbocycles. The van der Waals surface area contributed by atoms with Gasteiger partial charge in [0.1, 0.15) is 0 Å². The van der Waals surface area contributed by atoms with Crippen molar-refractivity contribution in [3.8, 4) is 0 Å². The molecule has 2 heterocycles. The molecule has 5 nitrogen and oxygen atoms in total. The van der Waals surface area contributed by atoms with E-state index in [-0.39, 0.29) is 6.04 Å². The first-order valence-corrected chi connectivity index (χ1v) is 5.81. The van der Waals surface area contributed by atoms with Crippen LogP contribution in [-0.2, 0) is 6.54 Å². The Labute approximate surface area is 101 Å². The van der Waals surface area contributed by atoms with E-state index >= 15 is 0 Å². The van der Waals surface area contributed by atoms with Crippen molar-refractivity contribution >= 4 is 0 Å². The van der Waals surface area contributed by atoms with E-state index in [9.17, 15) is 0 Å². The topological polar surface area (TPSA) is 55.6 Å². The molecule has 0 radical (unpaired) electrons. The third-order valence-corrected chi connectivity index (χ3v) is 2.63. The molecule has 2 rings (SSSR count). The van der Waals surface area contributed by atoms with Crippen molar-refractivity contribution in [2.45, 2.75) is 25.9 Å². The second-order valence-electron chi connectivity index (χ2n) is 3.96. The van der Waals surface area contributed by atoms with Gasteiger partial charge in [-0.2, -0.15) is 0 Å². The van der Waals surface area contributed by atoms with Crippen molar-refractivity contribution in [3.05, 3.63) is 43.0 Å². The number of rotatable bonds is 6. The Morgan fingerprint density at radius 1 is 1.29 bits per heavy atom. The zero-order chi connectivity index (χ0) is 11.9. The van der Waals surface area contributed by atoms with Gasteiger partial charge >= 0.3 is 0 Å². The third kappa shape index (κ3) is 3.64. The number of imidazole rings is 1. The lowest BCUT2D eigenvalue weighted by atomic mass is 10.2. The number of aryl methyl sites for hydroxylation is 1. The Kier molecular flexibility index (Phi) is 4.21. The van der Waals surface area contributed by atoms with E-state index in [0.29, 0.717) is 0 Å². The van der Waals surface area contributed by atoms with Gasteiger partial charge in [0.15, 0.2) is 0 Å². The summed E-state index contributed by atoms with van der Waals surface area (Å²) >= 11 is 0. The van der Waals surface area contributed by atoms with Crippen LogP contribution in [0.5, 0.6) is 0 Å². The zero-order valence-corrected chi connectivity index (χ0v) is 9.95. The Bertz CT molecular complexity index is 412. The molecule has 1 N–H and O–H groups in total. The molecule has 0 saturated heterocycles. The summed E-state index contributed by atoms with van der Waals surface area (Å²) in [5.41, 5.74) is 0.982. The normalized spacial score (nSPS) is 12.5. The molecule has 1 unspecified atom stereocenters. The first-order valence-electron chi connectivity index (χ1n) is 5.81. The van der Waals surface area contributed by atoms with E-state index in [2.05, 4.69) is 31.8 Å². The second kappa shape index (κ2) is 6.10. The molecule has 90 valence electrons. The predicted molar refractivity (Wildman–Crippen MR) is 65.3 cm³/mol. The van der Waals surface area contributed by atoms with Gasteiger partial charge in [-0.15, -0.1) is 0 Å². The van der Waals surface area contributed by atoms with Crippen LogP contribution in [0.4, 0.5) is 0 Å². The Balaban J connectivity index is 1.68. The highest BCUT2D eigenvalue weighted by Crippen LogP contribution is 2.05. The van der Waals surface area contributed by atoms with Crippen molar-refractivity contribution in [2.24, 2.45) is 0 Å². The molecule has 0 spiro atoms. The molecule has 5 heteroatoms. The molecule has 1 atom stereocenters. The Morgan fingerprint density at radius 3 is 2.94 bits per heavy atom. The molecular formula is C12H17N5. The van der Waals surface area contributed by atoms with Crippen molar-refractivity contribution in [3.63, 3.8) is 0 Å². The van der Waals surface area contributed by atoms with Crippen molar-refractivity contribution in [1.29, 1.82) is 0 Å². The fraction of sp³-hybridized carbons (Fsp3) is 0.417. The lowest BCUT2D eigenvalue weighted by Crippen LogP contribution is -2.21. The van der Waals surface area contributed by atoms with Gasteiger partial charge < -0.3 is 9.88 Å². The summed E-state index contributed by atoms with van der Waals surface area (Å²) in [4.78, 5) is 12.3. The van der Waals surface area contributed by atoms with E-state index in [1.54, 1.807) is 24.8 Å². The largest absolute Gasteiger partial charge is 0.337 e. The quantitative estimate of drug-likeness (QED) is 0.764. The van der Waals surface area contributed by atoms with Gasteiger partial charge in [-0.25, -0.2) is 4.98 Å². The molecule has 0 aliphatic carbocycles. The molecule has 0 aliphatic rings. The monoisotopic (exact) mass is 231 g/mol. The molecule has 17 heavy (non-hydrogen) atoms. The maximum atomic E-state index is 4.27. The van der Waals surface area contributed by atoms with E-state index in [1.165, 1.54) is 0 Å². The van der Waals surface area contributed by atoms with Crippen LogP contribution in [0, 0.1) is 0 Å². The van der Waals surface area contributed by atoms with E-state index < -0.39 is 0 Å². The van der Waals surface area contributed by atoms with Crippen LogP contribution in [0.2, 0.25) is 0 Å². The van der Waals surface area contributed by atoms with Crippen molar-refractivity contribution < 1.29 is 0 Å². The summed E-state index contributed by atoms with van der Waals surface area (Å²) in [6.07, 6.45) is 11.9. The maximum Gasteiger partial charge on any atom is 0.0945 e. The predicted octanol–water partition coefficient (Wildman–Crippen LogP) is 1.41. The second-order valence-corrected chi connectivity index (χ2v) is 3.96. The van der Waals surface area contributed by atoms with E-state index in [1.807, 2.05) is 12.5 Å². The summed E-state index contributed by atoms with van der Waals surface area (Å²) in [6.45, 7) is 4.04. The van der Waals surface area contributed by atoms with Crippen LogP contribution >= 0.6 is 0 Å². The first kappa shape index (κ1) is 11.7. The zero-order valence-electron chi connectivity index (χ0n) is 9.95. The highest BCUT2D eigenvalue weighted by molar-refractivity contribution is 5.00. The molecule has 0 amide bonds. The van der Waals surface area contributed by atoms with Crippen LogP contribution in [0.3, 0.4) is 0 Å². The van der Waals surface area contributed by atoms with Gasteiger partial charge in [-0.1, -0.05) is 0 Å². The molecule has 0 aromatic carbocycles. The molecule has 2 aromatic rings. The van der Waals surface area contributed by atoms with Crippen LogP contribution < -0.4 is 5.32 Å². The van der Waals surface area contributed by atoms with Gasteiger partial charge in [-0.05, 0) is 19.9 Å². The van der Waals surface area contributed by atoms with Crippen LogP contribution in [0.25, 0.3) is 0 Å². The van der Waals surface area contributed by atoms with Gasteiger partial charge in [0.2, 0.25) is 0 Å². The average Bonchev–Trinajstić information content (AvgIpc) is 2.88. The number of nitrogens with zero attached hydrogens (tertiary/aromatic N) is 4. The highest BCUT2D eigenvalue weighted by atomic mass is 15.0. The standard InChI is InChI=1S/C12H17N5/c1-11(12-9-13-4-5-16-12)15-3-2-7-17-8-6-14-10-17/h4-6,8-11,15H,2-3,7H2,1H3. The fourth-order valence-corrected chi connectivity index (χ4v) is 1.64. The Morgan fingerprint density at radius 2 is 2.24 bits per heavy atom. The average molecular weight is 231 g/mol. The van der Waals surface area contributed by atoms with Gasteiger partial charge in [-0.3, -0.25) is 9.97 Å². The van der Waals surface area contributed by atoms with Crippen LogP contribution in [-0.4, -0.2) is 26.1 Å². The van der Waals surface area contributed by atoms with Crippen molar-refractivity contribution in [2.75, 3.05) is 6.54 Å². The SMILES string of the molecule is CC(NCCCn1ccnc1)c1cnccn1. The minimum atomic E-state index is 0.242. The summed E-state index contributed by atoms with van der Waals surface area (Å²) in [7, 11) is 0.